The Labute approximate surface area is 152 Å². The molecule has 0 unspecified atom stereocenters. The van der Waals surface area contributed by atoms with Crippen LogP contribution in [0.1, 0.15) is 32.6 Å². The number of carbonyl (C=O) groups excluding carboxylic acids is 3. The van der Waals surface area contributed by atoms with Crippen LogP contribution in [0.25, 0.3) is 0 Å². The smallest absolute Gasteiger partial charge is 0.325 e. The van der Waals surface area contributed by atoms with Crippen molar-refractivity contribution in [3.63, 3.8) is 0 Å². The van der Waals surface area contributed by atoms with Gasteiger partial charge in [0.15, 0.2) is 0 Å². The first kappa shape index (κ1) is 19.1. The van der Waals surface area contributed by atoms with Gasteiger partial charge < -0.3 is 16.4 Å². The molecule has 1 saturated carbocycles. The average Bonchev–Trinajstić information content (AvgIpc) is 2.77. The highest BCUT2D eigenvalue weighted by molar-refractivity contribution is 6.10. The molecule has 3 rings (SSSR count). The van der Waals surface area contributed by atoms with Crippen LogP contribution in [0.4, 0.5) is 16.2 Å². The Morgan fingerprint density at radius 1 is 1.32 bits per heavy atom. The molecule has 2 fully saturated rings. The molecule has 1 aromatic rings. The number of rotatable bonds is 3. The SMILES string of the molecule is CC1CCC2(CC1)NC(=O)N(CC(=O)Nc1ccccc1N)C2=O.Cl. The molecule has 2 aliphatic rings. The summed E-state index contributed by atoms with van der Waals surface area (Å²) < 4.78 is 0. The monoisotopic (exact) mass is 366 g/mol. The van der Waals surface area contributed by atoms with E-state index in [0.29, 0.717) is 30.1 Å². The molecular formula is C17H23ClN4O3. The summed E-state index contributed by atoms with van der Waals surface area (Å²) in [4.78, 5) is 38.1. The van der Waals surface area contributed by atoms with Crippen LogP contribution in [0.5, 0.6) is 0 Å². The molecular weight excluding hydrogens is 344 g/mol. The third kappa shape index (κ3) is 3.71. The fourth-order valence-electron chi connectivity index (χ4n) is 3.36. The molecule has 1 heterocycles. The summed E-state index contributed by atoms with van der Waals surface area (Å²) in [6.45, 7) is 1.83. The second-order valence-electron chi connectivity index (χ2n) is 6.72. The molecule has 8 heteroatoms. The zero-order chi connectivity index (χ0) is 17.3. The molecule has 1 saturated heterocycles. The Kier molecular flexibility index (Phi) is 5.57. The van der Waals surface area contributed by atoms with Crippen molar-refractivity contribution in [1.29, 1.82) is 0 Å². The van der Waals surface area contributed by atoms with Crippen LogP contribution in [0, 0.1) is 5.92 Å². The van der Waals surface area contributed by atoms with Crippen molar-refractivity contribution in [3.05, 3.63) is 24.3 Å². The van der Waals surface area contributed by atoms with E-state index in [9.17, 15) is 14.4 Å². The molecule has 7 nitrogen and oxygen atoms in total. The van der Waals surface area contributed by atoms with E-state index in [1.54, 1.807) is 24.3 Å². The molecule has 1 aliphatic carbocycles. The standard InChI is InChI=1S/C17H22N4O3.ClH/c1-11-6-8-17(9-7-11)15(23)21(16(24)20-17)10-14(22)19-13-5-3-2-4-12(13)18;/h2-5,11H,6-10,18H2,1H3,(H,19,22)(H,20,24);1H. The van der Waals surface area contributed by atoms with Crippen LogP contribution in [-0.4, -0.2) is 34.8 Å². The van der Waals surface area contributed by atoms with E-state index in [0.717, 1.165) is 17.7 Å². The van der Waals surface area contributed by atoms with Crippen LogP contribution < -0.4 is 16.4 Å². The molecule has 0 atom stereocenters. The molecule has 136 valence electrons. The first-order valence-electron chi connectivity index (χ1n) is 8.20. The Balaban J connectivity index is 0.00000225. The molecule has 0 bridgehead atoms. The number of benzene rings is 1. The minimum Gasteiger partial charge on any atom is -0.397 e. The summed E-state index contributed by atoms with van der Waals surface area (Å²) in [6, 6.07) is 6.35. The minimum atomic E-state index is -0.824. The first-order chi connectivity index (χ1) is 11.4. The van der Waals surface area contributed by atoms with Crippen LogP contribution in [-0.2, 0) is 9.59 Å². The van der Waals surface area contributed by atoms with E-state index < -0.39 is 17.5 Å². The van der Waals surface area contributed by atoms with Gasteiger partial charge in [-0.05, 0) is 43.7 Å². The van der Waals surface area contributed by atoms with E-state index in [1.165, 1.54) is 0 Å². The van der Waals surface area contributed by atoms with Crippen LogP contribution in [0.3, 0.4) is 0 Å². The van der Waals surface area contributed by atoms with Crippen molar-refractivity contribution in [3.8, 4) is 0 Å². The highest BCUT2D eigenvalue weighted by atomic mass is 35.5. The van der Waals surface area contributed by atoms with Gasteiger partial charge >= 0.3 is 6.03 Å². The second kappa shape index (κ2) is 7.31. The third-order valence-electron chi connectivity index (χ3n) is 4.91. The number of hydrogen-bond donors (Lipinski definition) is 3. The van der Waals surface area contributed by atoms with Crippen molar-refractivity contribution in [2.75, 3.05) is 17.6 Å². The third-order valence-corrected chi connectivity index (χ3v) is 4.91. The maximum Gasteiger partial charge on any atom is 0.325 e. The molecule has 0 aromatic heterocycles. The molecule has 0 radical (unpaired) electrons. The quantitative estimate of drug-likeness (QED) is 0.563. The molecule has 4 amide bonds. The number of hydrogen-bond acceptors (Lipinski definition) is 4. The van der Waals surface area contributed by atoms with Crippen molar-refractivity contribution < 1.29 is 14.4 Å². The number of urea groups is 1. The molecule has 1 spiro atoms. The second-order valence-corrected chi connectivity index (χ2v) is 6.72. The number of anilines is 2. The highest BCUT2D eigenvalue weighted by Crippen LogP contribution is 2.36. The van der Waals surface area contributed by atoms with E-state index in [-0.39, 0.29) is 24.9 Å². The van der Waals surface area contributed by atoms with Crippen LogP contribution in [0.2, 0.25) is 0 Å². The molecule has 25 heavy (non-hydrogen) atoms. The summed E-state index contributed by atoms with van der Waals surface area (Å²) in [5.41, 5.74) is 5.86. The summed E-state index contributed by atoms with van der Waals surface area (Å²) in [5, 5.41) is 5.44. The fraction of sp³-hybridized carbons (Fsp3) is 0.471. The molecule has 1 aromatic carbocycles. The van der Waals surface area contributed by atoms with Gasteiger partial charge in [0.2, 0.25) is 5.91 Å². The van der Waals surface area contributed by atoms with Gasteiger partial charge in [0.1, 0.15) is 12.1 Å². The summed E-state index contributed by atoms with van der Waals surface area (Å²) in [5.74, 6) is -0.188. The number of para-hydroxylation sites is 2. The number of carbonyl (C=O) groups is 3. The minimum absolute atomic E-state index is 0. The summed E-state index contributed by atoms with van der Waals surface area (Å²) in [7, 11) is 0. The van der Waals surface area contributed by atoms with Gasteiger partial charge in [0, 0.05) is 0 Å². The Bertz CT molecular complexity index is 686. The maximum atomic E-state index is 12.7. The number of nitrogens with zero attached hydrogens (tertiary/aromatic N) is 1. The lowest BCUT2D eigenvalue weighted by Crippen LogP contribution is -2.49. The maximum absolute atomic E-state index is 12.7. The average molecular weight is 367 g/mol. The first-order valence-corrected chi connectivity index (χ1v) is 8.20. The van der Waals surface area contributed by atoms with Gasteiger partial charge in [-0.2, -0.15) is 0 Å². The number of nitrogens with two attached hydrogens (primary N) is 1. The lowest BCUT2D eigenvalue weighted by atomic mass is 9.77. The van der Waals surface area contributed by atoms with Crippen molar-refractivity contribution in [2.24, 2.45) is 5.92 Å². The number of halogens is 1. The topological polar surface area (TPSA) is 105 Å². The number of imide groups is 1. The van der Waals surface area contributed by atoms with E-state index in [1.807, 2.05) is 0 Å². The highest BCUT2D eigenvalue weighted by Gasteiger charge is 2.52. The molecule has 1 aliphatic heterocycles. The lowest BCUT2D eigenvalue weighted by Gasteiger charge is -2.33. The van der Waals surface area contributed by atoms with Crippen molar-refractivity contribution in [2.45, 2.75) is 38.1 Å². The Morgan fingerprint density at radius 3 is 2.60 bits per heavy atom. The summed E-state index contributed by atoms with van der Waals surface area (Å²) >= 11 is 0. The van der Waals surface area contributed by atoms with Gasteiger partial charge in [-0.1, -0.05) is 19.1 Å². The van der Waals surface area contributed by atoms with E-state index >= 15 is 0 Å². The zero-order valence-corrected chi connectivity index (χ0v) is 14.9. The van der Waals surface area contributed by atoms with E-state index in [4.69, 9.17) is 5.73 Å². The van der Waals surface area contributed by atoms with Gasteiger partial charge in [-0.3, -0.25) is 14.5 Å². The predicted octanol–water partition coefficient (Wildman–Crippen LogP) is 2.13. The van der Waals surface area contributed by atoms with Crippen LogP contribution >= 0.6 is 12.4 Å². The number of nitrogens with one attached hydrogen (secondary N) is 2. The van der Waals surface area contributed by atoms with E-state index in [2.05, 4.69) is 17.6 Å². The van der Waals surface area contributed by atoms with Gasteiger partial charge in [0.05, 0.1) is 11.4 Å². The normalized spacial score (nSPS) is 25.5. The summed E-state index contributed by atoms with van der Waals surface area (Å²) in [6.07, 6.45) is 3.05. The zero-order valence-electron chi connectivity index (χ0n) is 14.1. The fourth-order valence-corrected chi connectivity index (χ4v) is 3.36. The van der Waals surface area contributed by atoms with Gasteiger partial charge in [-0.25, -0.2) is 4.79 Å². The van der Waals surface area contributed by atoms with Crippen molar-refractivity contribution >= 4 is 41.6 Å². The largest absolute Gasteiger partial charge is 0.397 e. The van der Waals surface area contributed by atoms with Crippen LogP contribution in [0.15, 0.2) is 24.3 Å². The van der Waals surface area contributed by atoms with Crippen molar-refractivity contribution in [1.82, 2.24) is 10.2 Å². The number of nitrogen functional groups attached to an aromatic ring is 1. The molecule has 4 N–H and O–H groups in total. The number of amides is 4. The Morgan fingerprint density at radius 2 is 1.96 bits per heavy atom. The van der Waals surface area contributed by atoms with Gasteiger partial charge in [0.25, 0.3) is 5.91 Å². The lowest BCUT2D eigenvalue weighted by molar-refractivity contribution is -0.135. The van der Waals surface area contributed by atoms with Gasteiger partial charge in [-0.15, -0.1) is 12.4 Å². The predicted molar refractivity (Wildman–Crippen MR) is 97.3 cm³/mol. The Hall–Kier alpha value is -2.28.